The van der Waals surface area contributed by atoms with Crippen LogP contribution in [0.3, 0.4) is 0 Å². The SMILES string of the molecule is CCC(NC(C)c1cn[nH]c1)C1CC1. The number of aromatic nitrogens is 2. The number of rotatable bonds is 5. The van der Waals surface area contributed by atoms with Crippen molar-refractivity contribution in [2.24, 2.45) is 5.92 Å². The van der Waals surface area contributed by atoms with Gasteiger partial charge in [-0.2, -0.15) is 5.10 Å². The molecule has 0 saturated heterocycles. The number of aromatic amines is 1. The van der Waals surface area contributed by atoms with E-state index in [1.807, 2.05) is 12.4 Å². The van der Waals surface area contributed by atoms with Crippen molar-refractivity contribution >= 4 is 0 Å². The first-order chi connectivity index (χ1) is 6.81. The van der Waals surface area contributed by atoms with Crippen molar-refractivity contribution in [2.75, 3.05) is 0 Å². The van der Waals surface area contributed by atoms with Crippen LogP contribution in [0, 0.1) is 5.92 Å². The van der Waals surface area contributed by atoms with Crippen LogP contribution in [0.5, 0.6) is 0 Å². The molecule has 2 unspecified atom stereocenters. The molecule has 3 heteroatoms. The van der Waals surface area contributed by atoms with Crippen molar-refractivity contribution in [3.8, 4) is 0 Å². The molecule has 1 fully saturated rings. The van der Waals surface area contributed by atoms with Gasteiger partial charge in [0.1, 0.15) is 0 Å². The molecular weight excluding hydrogens is 174 g/mol. The summed E-state index contributed by atoms with van der Waals surface area (Å²) in [5.74, 6) is 0.925. The first kappa shape index (κ1) is 9.71. The minimum atomic E-state index is 0.416. The van der Waals surface area contributed by atoms with Crippen molar-refractivity contribution in [1.29, 1.82) is 0 Å². The fourth-order valence-electron chi connectivity index (χ4n) is 2.00. The fraction of sp³-hybridized carbons (Fsp3) is 0.727. The van der Waals surface area contributed by atoms with Gasteiger partial charge in [0, 0.05) is 23.8 Å². The second kappa shape index (κ2) is 4.13. The molecule has 2 N–H and O–H groups in total. The molecule has 78 valence electrons. The van der Waals surface area contributed by atoms with Crippen LogP contribution in [0.15, 0.2) is 12.4 Å². The lowest BCUT2D eigenvalue weighted by molar-refractivity contribution is 0.405. The van der Waals surface area contributed by atoms with Gasteiger partial charge in [0.25, 0.3) is 0 Å². The third-order valence-corrected chi connectivity index (χ3v) is 3.11. The van der Waals surface area contributed by atoms with E-state index in [1.165, 1.54) is 24.8 Å². The number of H-pyrrole nitrogens is 1. The predicted molar refractivity (Wildman–Crippen MR) is 56.9 cm³/mol. The molecule has 0 spiro atoms. The second-order valence-electron chi connectivity index (χ2n) is 4.27. The molecule has 0 amide bonds. The summed E-state index contributed by atoms with van der Waals surface area (Å²) in [5, 5.41) is 10.5. The fourth-order valence-corrected chi connectivity index (χ4v) is 2.00. The topological polar surface area (TPSA) is 40.7 Å². The zero-order valence-corrected chi connectivity index (χ0v) is 8.96. The summed E-state index contributed by atoms with van der Waals surface area (Å²) in [7, 11) is 0. The van der Waals surface area contributed by atoms with E-state index in [4.69, 9.17) is 0 Å². The Morgan fingerprint density at radius 3 is 2.93 bits per heavy atom. The Morgan fingerprint density at radius 1 is 1.64 bits per heavy atom. The van der Waals surface area contributed by atoms with E-state index in [9.17, 15) is 0 Å². The summed E-state index contributed by atoms with van der Waals surface area (Å²) < 4.78 is 0. The Balaban J connectivity index is 1.89. The zero-order chi connectivity index (χ0) is 9.97. The third-order valence-electron chi connectivity index (χ3n) is 3.11. The Morgan fingerprint density at radius 2 is 2.43 bits per heavy atom. The maximum Gasteiger partial charge on any atom is 0.0534 e. The number of nitrogens with zero attached hydrogens (tertiary/aromatic N) is 1. The first-order valence-corrected chi connectivity index (χ1v) is 5.56. The van der Waals surface area contributed by atoms with Gasteiger partial charge < -0.3 is 5.32 Å². The number of hydrogen-bond acceptors (Lipinski definition) is 2. The highest BCUT2D eigenvalue weighted by Crippen LogP contribution is 2.34. The van der Waals surface area contributed by atoms with Gasteiger partial charge in [0.05, 0.1) is 6.20 Å². The molecule has 1 heterocycles. The molecule has 2 rings (SSSR count). The summed E-state index contributed by atoms with van der Waals surface area (Å²) in [5.41, 5.74) is 1.25. The largest absolute Gasteiger partial charge is 0.307 e. The normalized spacial score (nSPS) is 20.7. The van der Waals surface area contributed by atoms with E-state index in [1.54, 1.807) is 0 Å². The molecule has 3 nitrogen and oxygen atoms in total. The van der Waals surface area contributed by atoms with Crippen molar-refractivity contribution in [2.45, 2.75) is 45.2 Å². The molecule has 0 bridgehead atoms. The van der Waals surface area contributed by atoms with E-state index < -0.39 is 0 Å². The molecule has 2 atom stereocenters. The van der Waals surface area contributed by atoms with Crippen LogP contribution in [0.25, 0.3) is 0 Å². The van der Waals surface area contributed by atoms with E-state index >= 15 is 0 Å². The predicted octanol–water partition coefficient (Wildman–Crippen LogP) is 2.25. The maximum atomic E-state index is 3.97. The van der Waals surface area contributed by atoms with Gasteiger partial charge in [0.2, 0.25) is 0 Å². The summed E-state index contributed by atoms with van der Waals surface area (Å²) >= 11 is 0. The Hall–Kier alpha value is -0.830. The Bertz CT molecular complexity index is 264. The van der Waals surface area contributed by atoms with Crippen LogP contribution >= 0.6 is 0 Å². The molecule has 14 heavy (non-hydrogen) atoms. The van der Waals surface area contributed by atoms with Gasteiger partial charge in [-0.15, -0.1) is 0 Å². The molecule has 1 aliphatic rings. The van der Waals surface area contributed by atoms with Crippen LogP contribution in [0.4, 0.5) is 0 Å². The number of hydrogen-bond donors (Lipinski definition) is 2. The van der Waals surface area contributed by atoms with Gasteiger partial charge in [-0.05, 0) is 32.1 Å². The highest BCUT2D eigenvalue weighted by molar-refractivity contribution is 5.08. The maximum absolute atomic E-state index is 3.97. The average Bonchev–Trinajstić information content (AvgIpc) is 2.88. The smallest absolute Gasteiger partial charge is 0.0534 e. The molecule has 1 saturated carbocycles. The van der Waals surface area contributed by atoms with E-state index in [0.29, 0.717) is 12.1 Å². The molecule has 1 aromatic rings. The van der Waals surface area contributed by atoms with Crippen LogP contribution in [0.2, 0.25) is 0 Å². The van der Waals surface area contributed by atoms with Crippen molar-refractivity contribution < 1.29 is 0 Å². The van der Waals surface area contributed by atoms with Gasteiger partial charge in [-0.25, -0.2) is 0 Å². The third kappa shape index (κ3) is 2.15. The lowest BCUT2D eigenvalue weighted by atomic mass is 10.1. The first-order valence-electron chi connectivity index (χ1n) is 5.56. The summed E-state index contributed by atoms with van der Waals surface area (Å²) in [4.78, 5) is 0. The summed E-state index contributed by atoms with van der Waals surface area (Å²) in [6, 6.07) is 1.11. The molecule has 1 aliphatic carbocycles. The quantitative estimate of drug-likeness (QED) is 0.753. The average molecular weight is 193 g/mol. The Labute approximate surface area is 85.3 Å². The van der Waals surface area contributed by atoms with E-state index in [0.717, 1.165) is 5.92 Å². The van der Waals surface area contributed by atoms with Crippen LogP contribution < -0.4 is 5.32 Å². The zero-order valence-electron chi connectivity index (χ0n) is 8.96. The Kier molecular flexibility index (Phi) is 2.87. The minimum Gasteiger partial charge on any atom is -0.307 e. The van der Waals surface area contributed by atoms with Crippen molar-refractivity contribution in [1.82, 2.24) is 15.5 Å². The summed E-state index contributed by atoms with van der Waals surface area (Å²) in [6.45, 7) is 4.47. The summed E-state index contributed by atoms with van der Waals surface area (Å²) in [6.07, 6.45) is 7.91. The van der Waals surface area contributed by atoms with Crippen molar-refractivity contribution in [3.05, 3.63) is 18.0 Å². The standard InChI is InChI=1S/C11H19N3/c1-3-11(9-4-5-9)14-8(2)10-6-12-13-7-10/h6-9,11,14H,3-5H2,1-2H3,(H,12,13). The minimum absolute atomic E-state index is 0.416. The monoisotopic (exact) mass is 193 g/mol. The van der Waals surface area contributed by atoms with Crippen LogP contribution in [-0.2, 0) is 0 Å². The molecule has 0 aromatic carbocycles. The van der Waals surface area contributed by atoms with Crippen molar-refractivity contribution in [3.63, 3.8) is 0 Å². The van der Waals surface area contributed by atoms with Gasteiger partial charge in [-0.1, -0.05) is 6.92 Å². The van der Waals surface area contributed by atoms with Gasteiger partial charge >= 0.3 is 0 Å². The van der Waals surface area contributed by atoms with Crippen LogP contribution in [0.1, 0.15) is 44.7 Å². The second-order valence-corrected chi connectivity index (χ2v) is 4.27. The van der Waals surface area contributed by atoms with Crippen LogP contribution in [-0.4, -0.2) is 16.2 Å². The van der Waals surface area contributed by atoms with Gasteiger partial charge in [0.15, 0.2) is 0 Å². The van der Waals surface area contributed by atoms with E-state index in [-0.39, 0.29) is 0 Å². The highest BCUT2D eigenvalue weighted by Gasteiger charge is 2.30. The lowest BCUT2D eigenvalue weighted by Gasteiger charge is -2.21. The highest BCUT2D eigenvalue weighted by atomic mass is 15.1. The lowest BCUT2D eigenvalue weighted by Crippen LogP contribution is -2.32. The van der Waals surface area contributed by atoms with E-state index in [2.05, 4.69) is 29.4 Å². The molecule has 0 radical (unpaired) electrons. The number of nitrogens with one attached hydrogen (secondary N) is 2. The molecule has 0 aliphatic heterocycles. The van der Waals surface area contributed by atoms with Gasteiger partial charge in [-0.3, -0.25) is 5.10 Å². The molecule has 1 aromatic heterocycles. The molecular formula is C11H19N3.